The maximum absolute atomic E-state index is 12.4. The molecule has 16 heavy (non-hydrogen) atoms. The van der Waals surface area contributed by atoms with Gasteiger partial charge in [-0.05, 0) is 29.9 Å². The molecule has 0 saturated carbocycles. The zero-order valence-electron chi connectivity index (χ0n) is 8.13. The highest BCUT2D eigenvalue weighted by Gasteiger charge is 2.32. The fourth-order valence-electron chi connectivity index (χ4n) is 1.05. The van der Waals surface area contributed by atoms with Crippen LogP contribution in [0, 0.1) is 0 Å². The summed E-state index contributed by atoms with van der Waals surface area (Å²) < 4.78 is 37.1. The van der Waals surface area contributed by atoms with Crippen LogP contribution in [0.3, 0.4) is 0 Å². The van der Waals surface area contributed by atoms with Gasteiger partial charge in [0.25, 0.3) is 0 Å². The van der Waals surface area contributed by atoms with Gasteiger partial charge in [0, 0.05) is 0 Å². The van der Waals surface area contributed by atoms with Gasteiger partial charge in [-0.2, -0.15) is 25.8 Å². The summed E-state index contributed by atoms with van der Waals surface area (Å²) >= 11 is 9.49. The van der Waals surface area contributed by atoms with E-state index < -0.39 is 11.9 Å². The predicted octanol–water partition coefficient (Wildman–Crippen LogP) is 4.09. The molecule has 0 fully saturated rings. The Morgan fingerprint density at radius 2 is 2.06 bits per heavy atom. The second-order valence-corrected chi connectivity index (χ2v) is 3.86. The van der Waals surface area contributed by atoms with Gasteiger partial charge in [-0.1, -0.05) is 23.8 Å². The third-order valence-corrected chi connectivity index (χ3v) is 2.16. The second kappa shape index (κ2) is 5.59. The molecular formula is C10H9ClF3NS. The number of aromatic nitrogens is 1. The fraction of sp³-hybridized carbons (Fsp3) is 0.300. The summed E-state index contributed by atoms with van der Waals surface area (Å²) in [7, 11) is 0. The molecule has 0 amide bonds. The van der Waals surface area contributed by atoms with Crippen molar-refractivity contribution in [1.82, 2.24) is 4.98 Å². The van der Waals surface area contributed by atoms with E-state index in [1.807, 2.05) is 0 Å². The number of hydrogen-bond acceptors (Lipinski definition) is 2. The predicted molar refractivity (Wildman–Crippen MR) is 61.8 cm³/mol. The Labute approximate surface area is 102 Å². The number of allylic oxidation sites excluding steroid dienone is 1. The van der Waals surface area contributed by atoms with Crippen LogP contribution in [0.1, 0.15) is 17.7 Å². The summed E-state index contributed by atoms with van der Waals surface area (Å²) in [5.74, 6) is 0.640. The molecule has 0 aromatic carbocycles. The van der Waals surface area contributed by atoms with Crippen molar-refractivity contribution in [3.8, 4) is 0 Å². The van der Waals surface area contributed by atoms with Gasteiger partial charge >= 0.3 is 6.18 Å². The maximum Gasteiger partial charge on any atom is 0.433 e. The molecule has 88 valence electrons. The molecule has 0 aliphatic heterocycles. The average Bonchev–Trinajstić information content (AvgIpc) is 2.16. The molecule has 6 heteroatoms. The summed E-state index contributed by atoms with van der Waals surface area (Å²) in [6.45, 7) is 0. The van der Waals surface area contributed by atoms with E-state index in [9.17, 15) is 13.2 Å². The van der Waals surface area contributed by atoms with Crippen LogP contribution in [0.15, 0.2) is 18.2 Å². The first kappa shape index (κ1) is 13.4. The van der Waals surface area contributed by atoms with E-state index in [4.69, 9.17) is 11.6 Å². The van der Waals surface area contributed by atoms with Crippen molar-refractivity contribution in [2.75, 3.05) is 5.75 Å². The minimum atomic E-state index is -4.48. The molecule has 0 saturated heterocycles. The van der Waals surface area contributed by atoms with Crippen molar-refractivity contribution < 1.29 is 13.2 Å². The van der Waals surface area contributed by atoms with Crippen molar-refractivity contribution in [3.05, 3.63) is 34.6 Å². The van der Waals surface area contributed by atoms with Crippen LogP contribution in [0.5, 0.6) is 0 Å². The van der Waals surface area contributed by atoms with Gasteiger partial charge in [0.2, 0.25) is 0 Å². The Morgan fingerprint density at radius 3 is 2.62 bits per heavy atom. The molecule has 1 aromatic heterocycles. The average molecular weight is 268 g/mol. The molecule has 1 nitrogen and oxygen atoms in total. The summed E-state index contributed by atoms with van der Waals surface area (Å²) in [6.07, 6.45) is -0.487. The Bertz CT molecular complexity index is 390. The molecule has 1 heterocycles. The quantitative estimate of drug-likeness (QED) is 0.643. The summed E-state index contributed by atoms with van der Waals surface area (Å²) in [5.41, 5.74) is -0.598. The lowest BCUT2D eigenvalue weighted by Gasteiger charge is -2.06. The number of pyridine rings is 1. The van der Waals surface area contributed by atoms with E-state index in [1.165, 1.54) is 6.07 Å². The topological polar surface area (TPSA) is 12.9 Å². The van der Waals surface area contributed by atoms with Crippen molar-refractivity contribution in [2.45, 2.75) is 12.6 Å². The van der Waals surface area contributed by atoms with Crippen LogP contribution >= 0.6 is 24.2 Å². The van der Waals surface area contributed by atoms with Crippen LogP contribution in [-0.2, 0) is 6.18 Å². The van der Waals surface area contributed by atoms with E-state index in [0.717, 1.165) is 6.07 Å². The molecule has 0 bridgehead atoms. The normalized spacial score (nSPS) is 12.3. The zero-order valence-corrected chi connectivity index (χ0v) is 9.78. The molecule has 0 aliphatic carbocycles. The highest BCUT2D eigenvalue weighted by molar-refractivity contribution is 7.80. The molecule has 0 radical (unpaired) electrons. The van der Waals surface area contributed by atoms with E-state index >= 15 is 0 Å². The van der Waals surface area contributed by atoms with Crippen LogP contribution < -0.4 is 0 Å². The van der Waals surface area contributed by atoms with Gasteiger partial charge in [0.05, 0.1) is 0 Å². The minimum Gasteiger partial charge on any atom is -0.232 e. The number of halogens is 4. The van der Waals surface area contributed by atoms with Crippen LogP contribution in [0.25, 0.3) is 6.08 Å². The summed E-state index contributed by atoms with van der Waals surface area (Å²) in [4.78, 5) is 3.22. The van der Waals surface area contributed by atoms with Gasteiger partial charge in [-0.3, -0.25) is 0 Å². The SMILES string of the molecule is FC(F)(F)c1cc(C=CCCS)cc(Cl)n1. The minimum absolute atomic E-state index is 0.166. The van der Waals surface area contributed by atoms with Gasteiger partial charge in [-0.15, -0.1) is 0 Å². The van der Waals surface area contributed by atoms with Crippen molar-refractivity contribution in [3.63, 3.8) is 0 Å². The molecule has 0 aliphatic rings. The Morgan fingerprint density at radius 1 is 1.38 bits per heavy atom. The third-order valence-electron chi connectivity index (χ3n) is 1.71. The summed E-state index contributed by atoms with van der Waals surface area (Å²) in [6, 6.07) is 2.34. The fourth-order valence-corrected chi connectivity index (χ4v) is 1.42. The van der Waals surface area contributed by atoms with Crippen LogP contribution in [0.4, 0.5) is 13.2 Å². The number of rotatable bonds is 3. The second-order valence-electron chi connectivity index (χ2n) is 3.02. The molecule has 0 spiro atoms. The highest BCUT2D eigenvalue weighted by atomic mass is 35.5. The number of thiol groups is 1. The van der Waals surface area contributed by atoms with Gasteiger partial charge in [0.15, 0.2) is 0 Å². The van der Waals surface area contributed by atoms with Crippen molar-refractivity contribution in [2.24, 2.45) is 0 Å². The highest BCUT2D eigenvalue weighted by Crippen LogP contribution is 2.29. The van der Waals surface area contributed by atoms with E-state index in [2.05, 4.69) is 17.6 Å². The first-order valence-electron chi connectivity index (χ1n) is 4.45. The Balaban J connectivity index is 2.99. The van der Waals surface area contributed by atoms with Crippen LogP contribution in [-0.4, -0.2) is 10.7 Å². The Hall–Kier alpha value is -0.680. The summed E-state index contributed by atoms with van der Waals surface area (Å²) in [5, 5.41) is -0.166. The lowest BCUT2D eigenvalue weighted by atomic mass is 10.2. The molecule has 0 N–H and O–H groups in total. The standard InChI is InChI=1S/C10H9ClF3NS/c11-9-6-7(3-1-2-4-16)5-8(15-9)10(12,13)14/h1,3,5-6,16H,2,4H2. The van der Waals surface area contributed by atoms with Crippen molar-refractivity contribution >= 4 is 30.3 Å². The maximum atomic E-state index is 12.4. The largest absolute Gasteiger partial charge is 0.433 e. The molecule has 1 aromatic rings. The molecule has 1 rings (SSSR count). The number of nitrogens with zero attached hydrogens (tertiary/aromatic N) is 1. The third kappa shape index (κ3) is 4.06. The van der Waals surface area contributed by atoms with E-state index in [1.54, 1.807) is 12.2 Å². The van der Waals surface area contributed by atoms with E-state index in [-0.39, 0.29) is 5.15 Å². The number of alkyl halides is 3. The first-order chi connectivity index (χ1) is 7.43. The lowest BCUT2D eigenvalue weighted by Crippen LogP contribution is -2.08. The zero-order chi connectivity index (χ0) is 12.2. The van der Waals surface area contributed by atoms with Crippen molar-refractivity contribution in [1.29, 1.82) is 0 Å². The van der Waals surface area contributed by atoms with Crippen LogP contribution in [0.2, 0.25) is 5.15 Å². The van der Waals surface area contributed by atoms with Gasteiger partial charge in [-0.25, -0.2) is 4.98 Å². The Kier molecular flexibility index (Phi) is 4.68. The molecular weight excluding hydrogens is 259 g/mol. The first-order valence-corrected chi connectivity index (χ1v) is 5.46. The van der Waals surface area contributed by atoms with E-state index in [0.29, 0.717) is 17.7 Å². The molecule has 0 atom stereocenters. The number of hydrogen-bond donors (Lipinski definition) is 1. The monoisotopic (exact) mass is 267 g/mol. The smallest absolute Gasteiger partial charge is 0.232 e. The van der Waals surface area contributed by atoms with Gasteiger partial charge < -0.3 is 0 Å². The lowest BCUT2D eigenvalue weighted by molar-refractivity contribution is -0.141. The van der Waals surface area contributed by atoms with Gasteiger partial charge in [0.1, 0.15) is 10.8 Å². The molecule has 0 unspecified atom stereocenters.